The van der Waals surface area contributed by atoms with Crippen LogP contribution in [0.5, 0.6) is 0 Å². The monoisotopic (exact) mass is 386 g/mol. The van der Waals surface area contributed by atoms with Gasteiger partial charge in [-0.1, -0.05) is 42.5 Å². The minimum Gasteiger partial charge on any atom is -0.310 e. The van der Waals surface area contributed by atoms with Gasteiger partial charge in [0, 0.05) is 18.2 Å². The van der Waals surface area contributed by atoms with Crippen molar-refractivity contribution < 1.29 is 9.72 Å². The van der Waals surface area contributed by atoms with Gasteiger partial charge in [-0.3, -0.25) is 14.9 Å². The summed E-state index contributed by atoms with van der Waals surface area (Å²) in [5, 5.41) is 20.3. The Morgan fingerprint density at radius 2 is 1.79 bits per heavy atom. The molecule has 3 aromatic carbocycles. The predicted molar refractivity (Wildman–Crippen MR) is 111 cm³/mol. The number of aromatic nitrogens is 2. The van der Waals surface area contributed by atoms with Crippen molar-refractivity contribution in [1.29, 1.82) is 0 Å². The Balaban J connectivity index is 1.58. The van der Waals surface area contributed by atoms with Crippen LogP contribution < -0.4 is 5.32 Å². The minimum absolute atomic E-state index is 0.000769. The lowest BCUT2D eigenvalue weighted by Crippen LogP contribution is -2.17. The van der Waals surface area contributed by atoms with E-state index in [0.717, 1.165) is 22.0 Å². The zero-order valence-electron chi connectivity index (χ0n) is 15.7. The lowest BCUT2D eigenvalue weighted by Gasteiger charge is -2.10. The average Bonchev–Trinajstić information content (AvgIpc) is 3.08. The highest BCUT2D eigenvalue weighted by molar-refractivity contribution is 5.95. The Bertz CT molecular complexity index is 1210. The molecule has 0 fully saturated rings. The first kappa shape index (κ1) is 18.4. The Labute approximate surface area is 166 Å². The van der Waals surface area contributed by atoms with E-state index in [9.17, 15) is 14.9 Å². The number of carbonyl (C=O) groups excluding carboxylic acids is 1. The maximum absolute atomic E-state index is 12.7. The van der Waals surface area contributed by atoms with E-state index in [1.165, 1.54) is 12.1 Å². The second-order valence-electron chi connectivity index (χ2n) is 6.72. The van der Waals surface area contributed by atoms with Crippen molar-refractivity contribution in [2.45, 2.75) is 13.3 Å². The van der Waals surface area contributed by atoms with Crippen molar-refractivity contribution >= 4 is 28.2 Å². The van der Waals surface area contributed by atoms with Crippen LogP contribution in [-0.4, -0.2) is 20.6 Å². The van der Waals surface area contributed by atoms with Gasteiger partial charge in [0.05, 0.1) is 22.7 Å². The highest BCUT2D eigenvalue weighted by atomic mass is 16.6. The van der Waals surface area contributed by atoms with Crippen molar-refractivity contribution in [1.82, 2.24) is 9.78 Å². The quantitative estimate of drug-likeness (QED) is 0.406. The third kappa shape index (κ3) is 3.84. The number of carbonyl (C=O) groups is 1. The number of nitrogens with one attached hydrogen (secondary N) is 1. The highest BCUT2D eigenvalue weighted by Gasteiger charge is 2.14. The summed E-state index contributed by atoms with van der Waals surface area (Å²) >= 11 is 0. The fraction of sp³-hybridized carbons (Fsp3) is 0.0909. The normalized spacial score (nSPS) is 10.8. The van der Waals surface area contributed by atoms with Crippen LogP contribution in [0.25, 0.3) is 16.5 Å². The van der Waals surface area contributed by atoms with Crippen LogP contribution in [-0.2, 0) is 11.2 Å². The highest BCUT2D eigenvalue weighted by Crippen LogP contribution is 2.22. The standard InChI is InChI=1S/C22H18N4O3/c1-15-13-21(25(24-15)18-9-11-19(12-10-18)26(28)29)23-22(27)14-17-7-4-6-16-5-2-3-8-20(16)17/h2-13H,14H2,1H3,(H,23,27). The van der Waals surface area contributed by atoms with E-state index in [4.69, 9.17) is 0 Å². The van der Waals surface area contributed by atoms with Gasteiger partial charge >= 0.3 is 0 Å². The van der Waals surface area contributed by atoms with Gasteiger partial charge in [-0.05, 0) is 35.4 Å². The average molecular weight is 386 g/mol. The van der Waals surface area contributed by atoms with Gasteiger partial charge < -0.3 is 5.32 Å². The summed E-state index contributed by atoms with van der Waals surface area (Å²) in [5.41, 5.74) is 2.30. The topological polar surface area (TPSA) is 90.1 Å². The summed E-state index contributed by atoms with van der Waals surface area (Å²) < 4.78 is 1.57. The van der Waals surface area contributed by atoms with E-state index in [-0.39, 0.29) is 18.0 Å². The van der Waals surface area contributed by atoms with E-state index < -0.39 is 4.92 Å². The molecule has 0 unspecified atom stereocenters. The molecule has 0 radical (unpaired) electrons. The summed E-state index contributed by atoms with van der Waals surface area (Å²) in [6.07, 6.45) is 0.228. The Kier molecular flexibility index (Phi) is 4.78. The number of hydrogen-bond acceptors (Lipinski definition) is 4. The molecule has 0 aliphatic carbocycles. The SMILES string of the molecule is Cc1cc(NC(=O)Cc2cccc3ccccc23)n(-c2ccc([N+](=O)[O-])cc2)n1. The Morgan fingerprint density at radius 3 is 2.55 bits per heavy atom. The van der Waals surface area contributed by atoms with Crippen LogP contribution in [0.4, 0.5) is 11.5 Å². The second kappa shape index (κ2) is 7.55. The van der Waals surface area contributed by atoms with Gasteiger partial charge in [-0.25, -0.2) is 4.68 Å². The number of anilines is 1. The molecular weight excluding hydrogens is 368 g/mol. The molecule has 0 saturated carbocycles. The number of rotatable bonds is 5. The lowest BCUT2D eigenvalue weighted by atomic mass is 10.0. The molecular formula is C22H18N4O3. The van der Waals surface area contributed by atoms with Gasteiger partial charge in [-0.15, -0.1) is 0 Å². The van der Waals surface area contributed by atoms with Crippen molar-refractivity contribution in [2.75, 3.05) is 5.32 Å². The molecule has 4 aromatic rings. The van der Waals surface area contributed by atoms with E-state index in [2.05, 4.69) is 10.4 Å². The summed E-state index contributed by atoms with van der Waals surface area (Å²) in [6.45, 7) is 1.82. The van der Waals surface area contributed by atoms with Crippen molar-refractivity contribution in [3.8, 4) is 5.69 Å². The number of nitro groups is 1. The zero-order valence-corrected chi connectivity index (χ0v) is 15.7. The van der Waals surface area contributed by atoms with Crippen molar-refractivity contribution in [3.63, 3.8) is 0 Å². The number of nitrogens with zero attached hydrogens (tertiary/aromatic N) is 3. The molecule has 4 rings (SSSR count). The fourth-order valence-electron chi connectivity index (χ4n) is 3.31. The van der Waals surface area contributed by atoms with Crippen molar-refractivity contribution in [3.05, 3.63) is 94.2 Å². The van der Waals surface area contributed by atoms with E-state index in [1.807, 2.05) is 49.4 Å². The maximum Gasteiger partial charge on any atom is 0.269 e. The molecule has 1 amide bonds. The third-order valence-corrected chi connectivity index (χ3v) is 4.64. The summed E-state index contributed by atoms with van der Waals surface area (Å²) in [6, 6.07) is 21.6. The first-order chi connectivity index (χ1) is 14.0. The number of amides is 1. The van der Waals surface area contributed by atoms with Crippen LogP contribution in [0, 0.1) is 17.0 Å². The van der Waals surface area contributed by atoms with Crippen LogP contribution in [0.2, 0.25) is 0 Å². The third-order valence-electron chi connectivity index (χ3n) is 4.64. The molecule has 7 heteroatoms. The van der Waals surface area contributed by atoms with E-state index >= 15 is 0 Å². The smallest absolute Gasteiger partial charge is 0.269 e. The van der Waals surface area contributed by atoms with Crippen LogP contribution in [0.3, 0.4) is 0 Å². The molecule has 0 saturated heterocycles. The van der Waals surface area contributed by atoms with Gasteiger partial charge in [-0.2, -0.15) is 5.10 Å². The molecule has 1 aromatic heterocycles. The van der Waals surface area contributed by atoms with E-state index in [1.54, 1.807) is 22.9 Å². The summed E-state index contributed by atoms with van der Waals surface area (Å²) in [4.78, 5) is 23.1. The Morgan fingerprint density at radius 1 is 1.07 bits per heavy atom. The molecule has 0 atom stereocenters. The first-order valence-corrected chi connectivity index (χ1v) is 9.09. The first-order valence-electron chi connectivity index (χ1n) is 9.09. The molecule has 0 bridgehead atoms. The molecule has 0 aliphatic heterocycles. The predicted octanol–water partition coefficient (Wildman–Crippen LogP) is 4.42. The van der Waals surface area contributed by atoms with E-state index in [0.29, 0.717) is 11.5 Å². The summed E-state index contributed by atoms with van der Waals surface area (Å²) in [5.74, 6) is 0.353. The number of aryl methyl sites for hydroxylation is 1. The number of non-ortho nitro benzene ring substituents is 1. The molecule has 1 heterocycles. The number of hydrogen-bond donors (Lipinski definition) is 1. The molecule has 29 heavy (non-hydrogen) atoms. The molecule has 1 N–H and O–H groups in total. The maximum atomic E-state index is 12.7. The molecule has 7 nitrogen and oxygen atoms in total. The van der Waals surface area contributed by atoms with Crippen molar-refractivity contribution in [2.24, 2.45) is 0 Å². The molecule has 0 aliphatic rings. The van der Waals surface area contributed by atoms with Crippen LogP contribution >= 0.6 is 0 Å². The number of benzene rings is 3. The minimum atomic E-state index is -0.453. The van der Waals surface area contributed by atoms with Gasteiger partial charge in [0.25, 0.3) is 5.69 Å². The Hall–Kier alpha value is -4.00. The zero-order chi connectivity index (χ0) is 20.4. The number of nitro benzene ring substituents is 1. The second-order valence-corrected chi connectivity index (χ2v) is 6.72. The fourth-order valence-corrected chi connectivity index (χ4v) is 3.31. The molecule has 144 valence electrons. The summed E-state index contributed by atoms with van der Waals surface area (Å²) in [7, 11) is 0. The largest absolute Gasteiger partial charge is 0.310 e. The van der Waals surface area contributed by atoms with Crippen LogP contribution in [0.15, 0.2) is 72.8 Å². The molecule has 0 spiro atoms. The lowest BCUT2D eigenvalue weighted by molar-refractivity contribution is -0.384. The van der Waals surface area contributed by atoms with Gasteiger partial charge in [0.2, 0.25) is 5.91 Å². The van der Waals surface area contributed by atoms with Crippen LogP contribution in [0.1, 0.15) is 11.3 Å². The van der Waals surface area contributed by atoms with Gasteiger partial charge in [0.1, 0.15) is 5.82 Å². The van der Waals surface area contributed by atoms with Gasteiger partial charge in [0.15, 0.2) is 0 Å². The number of fused-ring (bicyclic) bond motifs is 1.